The van der Waals surface area contributed by atoms with E-state index in [1.54, 1.807) is 0 Å². The predicted molar refractivity (Wildman–Crippen MR) is 89.9 cm³/mol. The average molecular weight is 306 g/mol. The smallest absolute Gasteiger partial charge is 0.0705 e. The van der Waals surface area contributed by atoms with Gasteiger partial charge in [-0.1, -0.05) is 36.7 Å². The van der Waals surface area contributed by atoms with Gasteiger partial charge in [-0.2, -0.15) is 0 Å². The van der Waals surface area contributed by atoms with Crippen LogP contribution in [0.5, 0.6) is 0 Å². The van der Waals surface area contributed by atoms with Crippen molar-refractivity contribution in [1.29, 1.82) is 0 Å². The first-order valence-electron chi connectivity index (χ1n) is 7.98. The van der Waals surface area contributed by atoms with Crippen LogP contribution in [0.2, 0.25) is 5.02 Å². The van der Waals surface area contributed by atoms with Crippen molar-refractivity contribution in [2.45, 2.75) is 38.8 Å². The molecule has 2 aromatic rings. The summed E-state index contributed by atoms with van der Waals surface area (Å²) in [6, 6.07) is 8.83. The molecule has 1 aliphatic heterocycles. The zero-order valence-electron chi connectivity index (χ0n) is 12.7. The Morgan fingerprint density at radius 2 is 2.05 bits per heavy atom. The van der Waals surface area contributed by atoms with E-state index in [1.807, 2.05) is 12.1 Å². The van der Waals surface area contributed by atoms with Crippen LogP contribution < -0.4 is 5.32 Å². The van der Waals surface area contributed by atoms with Gasteiger partial charge in [0.2, 0.25) is 0 Å². The van der Waals surface area contributed by atoms with Crippen LogP contribution >= 0.6 is 11.6 Å². The number of nitrogens with zero attached hydrogens (tertiary/aromatic N) is 1. The van der Waals surface area contributed by atoms with Crippen LogP contribution in [0.3, 0.4) is 0 Å². The van der Waals surface area contributed by atoms with Crippen molar-refractivity contribution < 1.29 is 0 Å². The topological polar surface area (TPSA) is 31.1 Å². The maximum absolute atomic E-state index is 6.46. The zero-order chi connectivity index (χ0) is 14.7. The third-order valence-corrected chi connectivity index (χ3v) is 4.84. The van der Waals surface area contributed by atoms with E-state index in [0.29, 0.717) is 6.04 Å². The third-order valence-electron chi connectivity index (χ3n) is 4.41. The number of para-hydroxylation sites is 1. The molecule has 3 rings (SSSR count). The van der Waals surface area contributed by atoms with Gasteiger partial charge in [-0.25, -0.2) is 0 Å². The summed E-state index contributed by atoms with van der Waals surface area (Å²) in [7, 11) is 0. The molecule has 3 nitrogen and oxygen atoms in total. The van der Waals surface area contributed by atoms with Crippen molar-refractivity contribution in [3.8, 4) is 0 Å². The second-order valence-corrected chi connectivity index (χ2v) is 6.34. The Morgan fingerprint density at radius 3 is 2.76 bits per heavy atom. The molecule has 114 valence electrons. The first kappa shape index (κ1) is 14.9. The minimum Gasteiger partial charge on any atom is -0.356 e. The zero-order valence-corrected chi connectivity index (χ0v) is 13.4. The molecule has 21 heavy (non-hydrogen) atoms. The highest BCUT2D eigenvalue weighted by molar-refractivity contribution is 6.36. The molecule has 0 unspecified atom stereocenters. The molecule has 4 heteroatoms. The fourth-order valence-electron chi connectivity index (χ4n) is 3.21. The molecule has 0 spiro atoms. The van der Waals surface area contributed by atoms with Gasteiger partial charge in [0, 0.05) is 29.2 Å². The number of rotatable bonds is 5. The van der Waals surface area contributed by atoms with Crippen molar-refractivity contribution in [3.05, 3.63) is 35.0 Å². The summed E-state index contributed by atoms with van der Waals surface area (Å²) >= 11 is 6.46. The first-order valence-corrected chi connectivity index (χ1v) is 8.36. The van der Waals surface area contributed by atoms with Crippen LogP contribution in [0.15, 0.2) is 24.3 Å². The van der Waals surface area contributed by atoms with E-state index in [9.17, 15) is 0 Å². The Balaban J connectivity index is 1.56. The Hall–Kier alpha value is -1.03. The molecule has 1 aromatic heterocycles. The summed E-state index contributed by atoms with van der Waals surface area (Å²) in [5, 5.41) is 5.64. The highest BCUT2D eigenvalue weighted by Gasteiger charge is 2.18. The minimum atomic E-state index is 0.612. The Bertz CT molecular complexity index is 585. The number of nitrogens with one attached hydrogen (secondary N) is 2. The average Bonchev–Trinajstić information content (AvgIpc) is 2.84. The third kappa shape index (κ3) is 3.42. The van der Waals surface area contributed by atoms with Crippen LogP contribution in [-0.4, -0.2) is 35.6 Å². The van der Waals surface area contributed by atoms with E-state index in [-0.39, 0.29) is 0 Å². The summed E-state index contributed by atoms with van der Waals surface area (Å²) in [6.45, 7) is 6.74. The minimum absolute atomic E-state index is 0.612. The van der Waals surface area contributed by atoms with Crippen LogP contribution in [0.25, 0.3) is 10.9 Å². The summed E-state index contributed by atoms with van der Waals surface area (Å²) < 4.78 is 0. The van der Waals surface area contributed by atoms with E-state index in [2.05, 4.69) is 34.3 Å². The quantitative estimate of drug-likeness (QED) is 0.880. The molecule has 1 saturated heterocycles. The second kappa shape index (κ2) is 6.82. The van der Waals surface area contributed by atoms with Gasteiger partial charge < -0.3 is 15.2 Å². The van der Waals surface area contributed by atoms with Gasteiger partial charge in [0.05, 0.1) is 5.02 Å². The van der Waals surface area contributed by atoms with Crippen molar-refractivity contribution >= 4 is 22.5 Å². The van der Waals surface area contributed by atoms with Crippen LogP contribution in [0, 0.1) is 0 Å². The fraction of sp³-hybridized carbons (Fsp3) is 0.529. The number of benzene rings is 1. The van der Waals surface area contributed by atoms with Crippen molar-refractivity contribution in [2.75, 3.05) is 19.6 Å². The van der Waals surface area contributed by atoms with Gasteiger partial charge in [0.25, 0.3) is 0 Å². The molecule has 2 heterocycles. The second-order valence-electron chi connectivity index (χ2n) is 5.96. The molecular formula is C17H24ClN3. The van der Waals surface area contributed by atoms with Gasteiger partial charge in [-0.15, -0.1) is 0 Å². The van der Waals surface area contributed by atoms with E-state index in [1.165, 1.54) is 38.9 Å². The number of fused-ring (bicyclic) bond motifs is 1. The first-order chi connectivity index (χ1) is 10.3. The summed E-state index contributed by atoms with van der Waals surface area (Å²) in [5.74, 6) is 0. The molecule has 0 atom stereocenters. The number of aromatic nitrogens is 1. The van der Waals surface area contributed by atoms with E-state index < -0.39 is 0 Å². The van der Waals surface area contributed by atoms with Crippen LogP contribution in [0.4, 0.5) is 0 Å². The SMILES string of the molecule is CCCN1CCC(NCc2[nH]c3ccccc3c2Cl)CC1. The molecule has 1 aliphatic rings. The van der Waals surface area contributed by atoms with Gasteiger partial charge in [0.15, 0.2) is 0 Å². The Morgan fingerprint density at radius 1 is 1.29 bits per heavy atom. The largest absolute Gasteiger partial charge is 0.356 e. The molecule has 1 aromatic carbocycles. The number of piperidine rings is 1. The number of H-pyrrole nitrogens is 1. The van der Waals surface area contributed by atoms with E-state index >= 15 is 0 Å². The molecule has 0 saturated carbocycles. The molecule has 0 aliphatic carbocycles. The molecule has 0 amide bonds. The normalized spacial score (nSPS) is 17.6. The lowest BCUT2D eigenvalue weighted by atomic mass is 10.0. The maximum atomic E-state index is 6.46. The van der Waals surface area contributed by atoms with Crippen molar-refractivity contribution in [2.24, 2.45) is 0 Å². The molecule has 0 bridgehead atoms. The molecule has 2 N–H and O–H groups in total. The Kier molecular flexibility index (Phi) is 4.84. The number of hydrogen-bond acceptors (Lipinski definition) is 2. The summed E-state index contributed by atoms with van der Waals surface area (Å²) in [4.78, 5) is 5.99. The van der Waals surface area contributed by atoms with Gasteiger partial charge in [-0.3, -0.25) is 0 Å². The Labute approximate surface area is 131 Å². The fourth-order valence-corrected chi connectivity index (χ4v) is 3.49. The highest BCUT2D eigenvalue weighted by atomic mass is 35.5. The lowest BCUT2D eigenvalue weighted by Gasteiger charge is -2.32. The van der Waals surface area contributed by atoms with E-state index in [0.717, 1.165) is 28.2 Å². The number of likely N-dealkylation sites (tertiary alicyclic amines) is 1. The van der Waals surface area contributed by atoms with Crippen molar-refractivity contribution in [1.82, 2.24) is 15.2 Å². The van der Waals surface area contributed by atoms with Crippen LogP contribution in [0.1, 0.15) is 31.9 Å². The lowest BCUT2D eigenvalue weighted by Crippen LogP contribution is -2.42. The molecular weight excluding hydrogens is 282 g/mol. The van der Waals surface area contributed by atoms with Gasteiger partial charge in [-0.05, 0) is 45.0 Å². The predicted octanol–water partition coefficient (Wildman–Crippen LogP) is 3.79. The monoisotopic (exact) mass is 305 g/mol. The maximum Gasteiger partial charge on any atom is 0.0705 e. The standard InChI is InChI=1S/C17H24ClN3/c1-2-9-21-10-7-13(8-11-21)19-12-16-17(18)14-5-3-4-6-15(14)20-16/h3-6,13,19-20H,2,7-12H2,1H3. The molecule has 0 radical (unpaired) electrons. The summed E-state index contributed by atoms with van der Waals surface area (Å²) in [6.07, 6.45) is 3.72. The van der Waals surface area contributed by atoms with Crippen molar-refractivity contribution in [3.63, 3.8) is 0 Å². The summed E-state index contributed by atoms with van der Waals surface area (Å²) in [5.41, 5.74) is 2.23. The van der Waals surface area contributed by atoms with Gasteiger partial charge in [0.1, 0.15) is 0 Å². The van der Waals surface area contributed by atoms with Gasteiger partial charge >= 0.3 is 0 Å². The lowest BCUT2D eigenvalue weighted by molar-refractivity contribution is 0.197. The van der Waals surface area contributed by atoms with E-state index in [4.69, 9.17) is 11.6 Å². The van der Waals surface area contributed by atoms with Crippen LogP contribution in [-0.2, 0) is 6.54 Å². The number of hydrogen-bond donors (Lipinski definition) is 2. The molecule has 1 fully saturated rings. The highest BCUT2D eigenvalue weighted by Crippen LogP contribution is 2.27. The number of halogens is 1. The number of aromatic amines is 1.